The molecule has 4 rings (SSSR count). The van der Waals surface area contributed by atoms with Crippen LogP contribution in [-0.2, 0) is 4.57 Å². The molecule has 0 amide bonds. The van der Waals surface area contributed by atoms with E-state index in [4.69, 9.17) is 26.1 Å². The monoisotopic (exact) mass is 449 g/mol. The van der Waals surface area contributed by atoms with E-state index in [9.17, 15) is 14.4 Å². The molecule has 1 aromatic carbocycles. The van der Waals surface area contributed by atoms with Crippen molar-refractivity contribution in [2.75, 3.05) is 27.3 Å². The molecule has 0 fully saturated rings. The highest BCUT2D eigenvalue weighted by Gasteiger charge is 2.27. The molecule has 0 aliphatic carbocycles. The molecule has 0 spiro atoms. The Morgan fingerprint density at radius 1 is 1.17 bits per heavy atom. The van der Waals surface area contributed by atoms with Crippen LogP contribution in [0, 0.1) is 0 Å². The Kier molecular flexibility index (Phi) is 5.61. The summed E-state index contributed by atoms with van der Waals surface area (Å²) in [7, 11) is -1.08. The van der Waals surface area contributed by atoms with Gasteiger partial charge in [0.05, 0.1) is 24.9 Å². The number of rotatable bonds is 5. The van der Waals surface area contributed by atoms with E-state index in [1.165, 1.54) is 4.67 Å². The molecule has 2 aromatic heterocycles. The van der Waals surface area contributed by atoms with Gasteiger partial charge in [-0.15, -0.1) is 0 Å². The molecular formula is C20H21ClN3O5P. The van der Waals surface area contributed by atoms with E-state index in [0.717, 1.165) is 22.3 Å². The molecule has 0 saturated heterocycles. The quantitative estimate of drug-likeness (QED) is 0.571. The Bertz CT molecular complexity index is 1190. The molecule has 2 N–H and O–H groups in total. The normalized spacial score (nSPS) is 15.3. The highest BCUT2D eigenvalue weighted by molar-refractivity contribution is 7.49. The Hall–Kier alpha value is -2.35. The third-order valence-corrected chi connectivity index (χ3v) is 6.53. The maximum absolute atomic E-state index is 11.4. The summed E-state index contributed by atoms with van der Waals surface area (Å²) in [5, 5.41) is 0.466. The van der Waals surface area contributed by atoms with Crippen molar-refractivity contribution >= 4 is 30.6 Å². The van der Waals surface area contributed by atoms with Gasteiger partial charge in [-0.2, -0.15) is 0 Å². The second-order valence-corrected chi connectivity index (χ2v) is 8.90. The van der Waals surface area contributed by atoms with Crippen molar-refractivity contribution in [1.29, 1.82) is 0 Å². The molecule has 0 radical (unpaired) electrons. The largest absolute Gasteiger partial charge is 0.496 e. The van der Waals surface area contributed by atoms with Crippen molar-refractivity contribution in [3.8, 4) is 22.8 Å². The fraction of sp³-hybridized carbons (Fsp3) is 0.250. The van der Waals surface area contributed by atoms with Gasteiger partial charge in [-0.25, -0.2) is 14.2 Å². The molecule has 1 aliphatic heterocycles. The fourth-order valence-electron chi connectivity index (χ4n) is 3.53. The maximum atomic E-state index is 11.4. The summed E-state index contributed by atoms with van der Waals surface area (Å²) in [5.74, 6) is 1.13. The smallest absolute Gasteiger partial charge is 0.403 e. The van der Waals surface area contributed by atoms with E-state index >= 15 is 0 Å². The van der Waals surface area contributed by atoms with Gasteiger partial charge in [0.2, 0.25) is 0 Å². The van der Waals surface area contributed by atoms with Gasteiger partial charge in [0, 0.05) is 37.1 Å². The van der Waals surface area contributed by atoms with E-state index in [1.54, 1.807) is 26.4 Å². The highest BCUT2D eigenvalue weighted by atomic mass is 35.5. The number of benzene rings is 1. The Morgan fingerprint density at radius 2 is 1.93 bits per heavy atom. The molecule has 30 heavy (non-hydrogen) atoms. The van der Waals surface area contributed by atoms with Crippen LogP contribution in [0.4, 0.5) is 0 Å². The average Bonchev–Trinajstić information content (AvgIpc) is 3.16. The van der Waals surface area contributed by atoms with Gasteiger partial charge < -0.3 is 23.7 Å². The molecule has 0 atom stereocenters. The van der Waals surface area contributed by atoms with Crippen LogP contribution in [0.1, 0.15) is 12.0 Å². The lowest BCUT2D eigenvalue weighted by Gasteiger charge is -2.26. The number of nitrogens with zero attached hydrogens (tertiary/aromatic N) is 3. The maximum Gasteiger partial charge on any atom is 0.403 e. The van der Waals surface area contributed by atoms with E-state index in [0.29, 0.717) is 35.2 Å². The van der Waals surface area contributed by atoms with Crippen LogP contribution in [0.2, 0.25) is 5.02 Å². The van der Waals surface area contributed by atoms with Crippen molar-refractivity contribution in [2.45, 2.75) is 6.42 Å². The second-order valence-electron chi connectivity index (χ2n) is 6.90. The van der Waals surface area contributed by atoms with Gasteiger partial charge in [-0.3, -0.25) is 0 Å². The van der Waals surface area contributed by atoms with Gasteiger partial charge in [0.25, 0.3) is 0 Å². The first-order chi connectivity index (χ1) is 14.3. The Balaban J connectivity index is 1.68. The number of halogens is 1. The van der Waals surface area contributed by atoms with Gasteiger partial charge in [0.1, 0.15) is 17.1 Å². The number of pyridine rings is 1. The zero-order chi connectivity index (χ0) is 21.5. The van der Waals surface area contributed by atoms with Crippen molar-refractivity contribution in [3.05, 3.63) is 53.3 Å². The number of imidazole rings is 1. The molecule has 1 aliphatic rings. The molecule has 8 nitrogen and oxygen atoms in total. The summed E-state index contributed by atoms with van der Waals surface area (Å²) < 4.78 is 25.2. The van der Waals surface area contributed by atoms with Crippen LogP contribution in [0.15, 0.2) is 42.7 Å². The van der Waals surface area contributed by atoms with E-state index in [2.05, 4.69) is 0 Å². The fourth-order valence-corrected chi connectivity index (χ4v) is 4.42. The van der Waals surface area contributed by atoms with Crippen molar-refractivity contribution < 1.29 is 23.8 Å². The van der Waals surface area contributed by atoms with Gasteiger partial charge in [-0.1, -0.05) is 17.7 Å². The lowest BCUT2D eigenvalue weighted by Crippen LogP contribution is -2.25. The highest BCUT2D eigenvalue weighted by Crippen LogP contribution is 2.42. The van der Waals surface area contributed by atoms with E-state index < -0.39 is 7.75 Å². The second kappa shape index (κ2) is 8.06. The van der Waals surface area contributed by atoms with Crippen molar-refractivity contribution in [3.63, 3.8) is 0 Å². The lowest BCUT2D eigenvalue weighted by atomic mass is 10.0. The first-order valence-electron chi connectivity index (χ1n) is 9.21. The van der Waals surface area contributed by atoms with Crippen LogP contribution in [0.3, 0.4) is 0 Å². The minimum Gasteiger partial charge on any atom is -0.496 e. The summed E-state index contributed by atoms with van der Waals surface area (Å²) in [6.45, 7) is 0.522. The molecule has 0 bridgehead atoms. The first-order valence-corrected chi connectivity index (χ1v) is 11.2. The number of hydrogen-bond donors (Lipinski definition) is 2. The summed E-state index contributed by atoms with van der Waals surface area (Å²) in [4.78, 5) is 23.3. The summed E-state index contributed by atoms with van der Waals surface area (Å²) >= 11 is 6.30. The van der Waals surface area contributed by atoms with E-state index in [-0.39, 0.29) is 6.54 Å². The molecule has 0 saturated carbocycles. The van der Waals surface area contributed by atoms with Crippen LogP contribution in [0.25, 0.3) is 22.5 Å². The van der Waals surface area contributed by atoms with Crippen LogP contribution < -0.4 is 9.47 Å². The zero-order valence-electron chi connectivity index (χ0n) is 16.4. The number of hydrogen-bond acceptors (Lipinski definition) is 4. The minimum absolute atomic E-state index is 0.214. The van der Waals surface area contributed by atoms with E-state index in [1.807, 2.05) is 35.0 Å². The number of fused-ring (bicyclic) bond motifs is 1. The summed E-state index contributed by atoms with van der Waals surface area (Å²) in [5.41, 5.74) is 4.22. The van der Waals surface area contributed by atoms with Crippen molar-refractivity contribution in [2.24, 2.45) is 0 Å². The molecule has 3 aromatic rings. The number of methoxy groups -OCH3 is 2. The van der Waals surface area contributed by atoms with Crippen LogP contribution in [0.5, 0.6) is 11.5 Å². The minimum atomic E-state index is -4.21. The predicted octanol–water partition coefficient (Wildman–Crippen LogP) is 3.85. The SMILES string of the molecule is COc1cc(OC)c(-c2cn3ccc(C4=CCN(P(=O)(O)O)CC4)cc3n2)cc1Cl. The molecular weight excluding hydrogens is 429 g/mol. The topological polar surface area (TPSA) is 96.5 Å². The zero-order valence-corrected chi connectivity index (χ0v) is 18.1. The third kappa shape index (κ3) is 3.97. The molecule has 158 valence electrons. The molecule has 0 unspecified atom stereocenters. The van der Waals surface area contributed by atoms with Gasteiger partial charge >= 0.3 is 7.75 Å². The predicted molar refractivity (Wildman–Crippen MR) is 115 cm³/mol. The van der Waals surface area contributed by atoms with Crippen molar-refractivity contribution in [1.82, 2.24) is 14.1 Å². The number of aromatic nitrogens is 2. The Morgan fingerprint density at radius 3 is 2.57 bits per heavy atom. The van der Waals surface area contributed by atoms with Gasteiger partial charge in [0.15, 0.2) is 0 Å². The van der Waals surface area contributed by atoms with Crippen LogP contribution >= 0.6 is 19.3 Å². The van der Waals surface area contributed by atoms with Crippen LogP contribution in [-0.4, -0.2) is 51.2 Å². The standard InChI is InChI=1S/C20H21ClN3O5P/c1-28-18-11-19(29-2)16(21)10-15(18)17-12-23-6-3-14(9-20(23)22-17)13-4-7-24(8-5-13)30(25,26)27/h3-4,6,9-12H,5,7-8H2,1-2H3,(H2,25,26,27). The van der Waals surface area contributed by atoms with Gasteiger partial charge in [-0.05, 0) is 35.8 Å². The summed E-state index contributed by atoms with van der Waals surface area (Å²) in [6, 6.07) is 7.42. The Labute approximate surface area is 178 Å². The summed E-state index contributed by atoms with van der Waals surface area (Å²) in [6.07, 6.45) is 6.21. The molecule has 3 heterocycles. The number of ether oxygens (including phenoxy) is 2. The first kappa shape index (κ1) is 20.9. The average molecular weight is 450 g/mol. The molecule has 10 heteroatoms. The lowest BCUT2D eigenvalue weighted by molar-refractivity contribution is 0.280. The third-order valence-electron chi connectivity index (χ3n) is 5.14.